The third-order valence-corrected chi connectivity index (χ3v) is 0.578. The Morgan fingerprint density at radius 2 is 1.67 bits per heavy atom. The molecule has 0 N–H and O–H groups in total. The van der Waals surface area contributed by atoms with Crippen LogP contribution in [-0.4, -0.2) is 55.2 Å². The normalized spacial score (nSPS) is 8.17. The molecule has 0 aliphatic heterocycles. The zero-order chi connectivity index (χ0) is 8.69. The van der Waals surface area contributed by atoms with E-state index in [1.807, 2.05) is 0 Å². The van der Waals surface area contributed by atoms with Crippen LogP contribution < -0.4 is 0 Å². The molecule has 0 aromatic rings. The van der Waals surface area contributed by atoms with Gasteiger partial charge in [-0.15, -0.1) is 0 Å². The van der Waals surface area contributed by atoms with E-state index in [0.29, 0.717) is 0 Å². The molecule has 0 amide bonds. The van der Waals surface area contributed by atoms with Gasteiger partial charge >= 0.3 is 11.9 Å². The maximum absolute atomic E-state index is 10.4. The summed E-state index contributed by atoms with van der Waals surface area (Å²) in [6, 6.07) is 0. The number of carbonyl (C=O) groups is 2. The van der Waals surface area contributed by atoms with Crippen molar-refractivity contribution in [1.29, 1.82) is 0 Å². The van der Waals surface area contributed by atoms with Crippen molar-refractivity contribution in [2.45, 2.75) is 6.92 Å². The molecule has 0 bridgehead atoms. The van der Waals surface area contributed by atoms with Gasteiger partial charge in [-0.1, -0.05) is 0 Å². The monoisotopic (exact) mass is 187 g/mol. The largest absolute Gasteiger partial charge is 0.453 e. The van der Waals surface area contributed by atoms with E-state index in [1.54, 1.807) is 6.92 Å². The van der Waals surface area contributed by atoms with E-state index in [9.17, 15) is 9.59 Å². The molecule has 0 aromatic carbocycles. The van der Waals surface area contributed by atoms with E-state index in [2.05, 4.69) is 19.6 Å². The molecule has 0 aromatic heterocycles. The second kappa shape index (κ2) is 8.95. The van der Waals surface area contributed by atoms with Gasteiger partial charge in [-0.2, -0.15) is 9.78 Å². The fourth-order valence-corrected chi connectivity index (χ4v) is 0.256. The van der Waals surface area contributed by atoms with Gasteiger partial charge in [0.2, 0.25) is 0 Å². The van der Waals surface area contributed by atoms with Crippen LogP contribution in [0, 0.1) is 0 Å². The van der Waals surface area contributed by atoms with Gasteiger partial charge in [0.05, 0.1) is 13.7 Å². The smallest absolute Gasteiger partial charge is 0.286 e. The van der Waals surface area contributed by atoms with Crippen LogP contribution in [0.4, 0.5) is 0 Å². The minimum atomic E-state index is -1.26. The molecule has 12 heavy (non-hydrogen) atoms. The summed E-state index contributed by atoms with van der Waals surface area (Å²) in [6.45, 7) is 1.75. The summed E-state index contributed by atoms with van der Waals surface area (Å²) in [4.78, 5) is 36.5. The first-order valence-electron chi connectivity index (χ1n) is 2.80. The van der Waals surface area contributed by atoms with Crippen molar-refractivity contribution < 1.29 is 29.1 Å². The number of hydrogen-bond donors (Lipinski definition) is 0. The summed E-state index contributed by atoms with van der Waals surface area (Å²) in [5.41, 5.74) is 0. The number of hydrogen-bond acceptors (Lipinski definition) is 6. The van der Waals surface area contributed by atoms with Crippen LogP contribution in [0.25, 0.3) is 0 Å². The molecule has 1 radical (unpaired) electrons. The molecule has 0 aliphatic carbocycles. The summed E-state index contributed by atoms with van der Waals surface area (Å²) < 4.78 is 0. The van der Waals surface area contributed by atoms with E-state index >= 15 is 0 Å². The number of rotatable bonds is 3. The van der Waals surface area contributed by atoms with E-state index in [4.69, 9.17) is 0 Å². The van der Waals surface area contributed by atoms with Gasteiger partial charge < -0.3 is 0 Å². The molecule has 0 atom stereocenters. The summed E-state index contributed by atoms with van der Waals surface area (Å²) in [5.74, 6) is -2.52. The van der Waals surface area contributed by atoms with Gasteiger partial charge in [-0.3, -0.25) is 9.78 Å². The van der Waals surface area contributed by atoms with Crippen LogP contribution in [0.3, 0.4) is 0 Å². The first-order chi connectivity index (χ1) is 5.22. The van der Waals surface area contributed by atoms with Crippen LogP contribution in [0.15, 0.2) is 0 Å². The summed E-state index contributed by atoms with van der Waals surface area (Å²) in [5, 5.41) is 0. The molecular weight excluding hydrogens is 179 g/mol. The van der Waals surface area contributed by atoms with Crippen molar-refractivity contribution in [1.82, 2.24) is 0 Å². The van der Waals surface area contributed by atoms with Crippen LogP contribution >= 0.6 is 0 Å². The Labute approximate surface area is 91.2 Å². The second-order valence-electron chi connectivity index (χ2n) is 1.31. The minimum Gasteiger partial charge on any atom is -0.286 e. The molecule has 0 rings (SSSR count). The van der Waals surface area contributed by atoms with Crippen molar-refractivity contribution >= 4 is 41.5 Å². The van der Waals surface area contributed by atoms with E-state index in [0.717, 1.165) is 7.11 Å². The van der Waals surface area contributed by atoms with Crippen LogP contribution in [0.2, 0.25) is 0 Å². The molecule has 65 valence electrons. The Morgan fingerprint density at radius 1 is 1.17 bits per heavy atom. The summed E-state index contributed by atoms with van der Waals surface area (Å²) in [6.07, 6.45) is 0. The van der Waals surface area contributed by atoms with Crippen molar-refractivity contribution in [2.24, 2.45) is 0 Å². The maximum atomic E-state index is 10.4. The third kappa shape index (κ3) is 6.56. The molecule has 0 fully saturated rings. The Balaban J connectivity index is 0. The topological polar surface area (TPSA) is 71.1 Å². The van der Waals surface area contributed by atoms with Crippen molar-refractivity contribution in [2.75, 3.05) is 13.7 Å². The van der Waals surface area contributed by atoms with Crippen LogP contribution in [0.5, 0.6) is 0 Å². The Morgan fingerprint density at radius 3 is 2.08 bits per heavy atom. The zero-order valence-corrected chi connectivity index (χ0v) is 9.16. The van der Waals surface area contributed by atoms with Crippen LogP contribution in [0.1, 0.15) is 6.92 Å². The first-order valence-corrected chi connectivity index (χ1v) is 2.80. The van der Waals surface area contributed by atoms with Gasteiger partial charge in [0.15, 0.2) is 0 Å². The fraction of sp³-hybridized carbons (Fsp3) is 0.600. The Bertz CT molecular complexity index is 147. The van der Waals surface area contributed by atoms with E-state index in [1.165, 1.54) is 0 Å². The Hall–Kier alpha value is -0.140. The fourth-order valence-electron chi connectivity index (χ4n) is 0.256. The van der Waals surface area contributed by atoms with Gasteiger partial charge in [-0.25, -0.2) is 9.59 Å². The quantitative estimate of drug-likeness (QED) is 0.249. The molecule has 0 spiro atoms. The molecular formula is C5H8NaO6. The van der Waals surface area contributed by atoms with Gasteiger partial charge in [0, 0.05) is 29.6 Å². The molecule has 6 nitrogen and oxygen atoms in total. The van der Waals surface area contributed by atoms with Crippen LogP contribution in [-0.2, 0) is 29.1 Å². The molecule has 7 heteroatoms. The first kappa shape index (κ1) is 14.4. The molecule has 0 aliphatic rings. The van der Waals surface area contributed by atoms with E-state index < -0.39 is 11.9 Å². The minimum absolute atomic E-state index is 0. The van der Waals surface area contributed by atoms with E-state index in [-0.39, 0.29) is 36.2 Å². The molecule has 0 heterocycles. The molecule has 0 saturated heterocycles. The van der Waals surface area contributed by atoms with Crippen molar-refractivity contribution in [3.05, 3.63) is 0 Å². The zero-order valence-electron chi connectivity index (χ0n) is 7.16. The maximum Gasteiger partial charge on any atom is 0.453 e. The standard InChI is InChI=1S/C5H8O6.Na/c1-3-9-11-5(7)4(6)10-8-2;/h3H2,1-2H3;. The number of carbonyl (C=O) groups excluding carboxylic acids is 2. The van der Waals surface area contributed by atoms with Crippen molar-refractivity contribution in [3.8, 4) is 0 Å². The summed E-state index contributed by atoms with van der Waals surface area (Å²) >= 11 is 0. The average molecular weight is 187 g/mol. The SMILES string of the molecule is CCOOC(=O)C(=O)OOC.[Na]. The third-order valence-electron chi connectivity index (χ3n) is 0.578. The van der Waals surface area contributed by atoms with Crippen molar-refractivity contribution in [3.63, 3.8) is 0 Å². The van der Waals surface area contributed by atoms with Gasteiger partial charge in [0.1, 0.15) is 0 Å². The molecule has 0 unspecified atom stereocenters. The van der Waals surface area contributed by atoms with Gasteiger partial charge in [0.25, 0.3) is 0 Å². The predicted molar refractivity (Wildman–Crippen MR) is 36.6 cm³/mol. The predicted octanol–water partition coefficient (Wildman–Crippen LogP) is -0.795. The Kier molecular flexibility index (Phi) is 10.7. The summed E-state index contributed by atoms with van der Waals surface area (Å²) in [7, 11) is 1.09. The second-order valence-corrected chi connectivity index (χ2v) is 1.31. The average Bonchev–Trinajstić information content (AvgIpc) is 2.00. The molecule has 0 saturated carbocycles. The van der Waals surface area contributed by atoms with Gasteiger partial charge in [-0.05, 0) is 6.92 Å².